The van der Waals surface area contributed by atoms with Crippen molar-refractivity contribution in [1.82, 2.24) is 0 Å². The minimum Gasteiger partial charge on any atom is -0.465 e. The van der Waals surface area contributed by atoms with E-state index in [0.29, 0.717) is 11.1 Å². The van der Waals surface area contributed by atoms with E-state index in [4.69, 9.17) is 9.47 Å². The maximum absolute atomic E-state index is 12.8. The Morgan fingerprint density at radius 2 is 1.11 bits per heavy atom. The summed E-state index contributed by atoms with van der Waals surface area (Å²) in [5, 5.41) is 0. The van der Waals surface area contributed by atoms with Gasteiger partial charge in [0.25, 0.3) is 0 Å². The fourth-order valence-electron chi connectivity index (χ4n) is 3.23. The molecule has 0 saturated carbocycles. The van der Waals surface area contributed by atoms with Crippen LogP contribution in [0.2, 0.25) is 0 Å². The minimum absolute atomic E-state index is 0.414. The van der Waals surface area contributed by atoms with Crippen LogP contribution < -0.4 is 0 Å². The van der Waals surface area contributed by atoms with E-state index in [1.807, 2.05) is 38.1 Å². The van der Waals surface area contributed by atoms with Crippen LogP contribution in [0.5, 0.6) is 0 Å². The average Bonchev–Trinajstić information content (AvgIpc) is 3.29. The number of ether oxygens (including phenoxy) is 2. The van der Waals surface area contributed by atoms with Gasteiger partial charge in [-0.1, -0.05) is 0 Å². The fraction of sp³-hybridized carbons (Fsp3) is 0.200. The number of rotatable bonds is 4. The molecule has 0 fully saturated rings. The van der Waals surface area contributed by atoms with E-state index in [-0.39, 0.29) is 0 Å². The van der Waals surface area contributed by atoms with Crippen molar-refractivity contribution < 1.29 is 19.1 Å². The first-order valence-electron chi connectivity index (χ1n) is 8.15. The number of thiophene rings is 2. The van der Waals surface area contributed by atoms with E-state index < -0.39 is 11.9 Å². The number of methoxy groups -OCH3 is 2. The third kappa shape index (κ3) is 3.88. The molecular formula is C20H16I2O4S2. The molecule has 2 aromatic heterocycles. The number of halogens is 2. The van der Waals surface area contributed by atoms with Gasteiger partial charge in [0, 0.05) is 20.9 Å². The van der Waals surface area contributed by atoms with Crippen LogP contribution in [-0.2, 0) is 9.47 Å². The average molecular weight is 638 g/mol. The van der Waals surface area contributed by atoms with Crippen molar-refractivity contribution in [3.8, 4) is 20.9 Å². The molecule has 2 heterocycles. The molecule has 0 radical (unpaired) electrons. The van der Waals surface area contributed by atoms with Gasteiger partial charge in [-0.15, -0.1) is 22.7 Å². The fourth-order valence-corrected chi connectivity index (χ4v) is 6.69. The second-order valence-electron chi connectivity index (χ2n) is 5.94. The second kappa shape index (κ2) is 8.80. The smallest absolute Gasteiger partial charge is 0.338 e. The highest BCUT2D eigenvalue weighted by Gasteiger charge is 2.30. The van der Waals surface area contributed by atoms with Crippen molar-refractivity contribution in [2.45, 2.75) is 13.8 Å². The molecule has 146 valence electrons. The van der Waals surface area contributed by atoms with E-state index in [2.05, 4.69) is 45.2 Å². The molecule has 0 N–H and O–H groups in total. The lowest BCUT2D eigenvalue weighted by atomic mass is 9.86. The predicted octanol–water partition coefficient (Wildman–Crippen LogP) is 6.54. The standard InChI is InChI=1S/C20H16I2O4S2/c1-9-15(11-5-7-13(21)27-11)18(20(24)26-4)10(2)16(17(9)19(23)25-3)12-6-8-14(22)28-12/h5-8H,1-4H3. The van der Waals surface area contributed by atoms with Crippen LogP contribution in [0.1, 0.15) is 31.8 Å². The summed E-state index contributed by atoms with van der Waals surface area (Å²) < 4.78 is 12.4. The molecule has 4 nitrogen and oxygen atoms in total. The van der Waals surface area contributed by atoms with E-state index in [9.17, 15) is 9.59 Å². The predicted molar refractivity (Wildman–Crippen MR) is 131 cm³/mol. The van der Waals surface area contributed by atoms with Crippen molar-refractivity contribution in [3.63, 3.8) is 0 Å². The number of benzene rings is 1. The largest absolute Gasteiger partial charge is 0.465 e. The Bertz CT molecular complexity index is 996. The van der Waals surface area contributed by atoms with Gasteiger partial charge in [-0.2, -0.15) is 0 Å². The van der Waals surface area contributed by atoms with E-state index in [1.54, 1.807) is 22.7 Å². The molecule has 0 bridgehead atoms. The summed E-state index contributed by atoms with van der Waals surface area (Å²) in [5.74, 6) is -0.828. The molecule has 0 aliphatic heterocycles. The number of esters is 2. The number of hydrogen-bond acceptors (Lipinski definition) is 6. The highest BCUT2D eigenvalue weighted by Crippen LogP contribution is 2.44. The summed E-state index contributed by atoms with van der Waals surface area (Å²) in [6, 6.07) is 7.92. The van der Waals surface area contributed by atoms with Crippen LogP contribution in [0.3, 0.4) is 0 Å². The molecule has 8 heteroatoms. The summed E-state index contributed by atoms with van der Waals surface area (Å²) in [6.07, 6.45) is 0. The lowest BCUT2D eigenvalue weighted by molar-refractivity contribution is 0.0586. The molecule has 0 aliphatic rings. The molecule has 0 saturated heterocycles. The monoisotopic (exact) mass is 638 g/mol. The molecule has 3 rings (SSSR count). The topological polar surface area (TPSA) is 52.6 Å². The Balaban J connectivity index is 2.49. The third-order valence-corrected chi connectivity index (χ3v) is 8.24. The van der Waals surface area contributed by atoms with Crippen molar-refractivity contribution in [3.05, 3.63) is 52.3 Å². The Kier molecular flexibility index (Phi) is 6.83. The summed E-state index contributed by atoms with van der Waals surface area (Å²) >= 11 is 7.63. The molecule has 0 amide bonds. The summed E-state index contributed by atoms with van der Waals surface area (Å²) in [4.78, 5) is 27.4. The maximum Gasteiger partial charge on any atom is 0.338 e. The van der Waals surface area contributed by atoms with Crippen LogP contribution >= 0.6 is 67.9 Å². The van der Waals surface area contributed by atoms with Gasteiger partial charge in [0.05, 0.1) is 31.1 Å². The molecule has 1 aromatic carbocycles. The molecule has 0 unspecified atom stereocenters. The number of carbonyl (C=O) groups excluding carboxylic acids is 2. The lowest BCUT2D eigenvalue weighted by Crippen LogP contribution is -2.14. The lowest BCUT2D eigenvalue weighted by Gasteiger charge is -2.20. The molecular weight excluding hydrogens is 622 g/mol. The molecule has 28 heavy (non-hydrogen) atoms. The summed E-state index contributed by atoms with van der Waals surface area (Å²) in [7, 11) is 2.75. The van der Waals surface area contributed by atoms with Gasteiger partial charge in [0.15, 0.2) is 0 Å². The molecule has 0 spiro atoms. The van der Waals surface area contributed by atoms with Gasteiger partial charge in [0.1, 0.15) is 0 Å². The van der Waals surface area contributed by atoms with Gasteiger partial charge in [0.2, 0.25) is 0 Å². The van der Waals surface area contributed by atoms with Crippen molar-refractivity contribution in [2.24, 2.45) is 0 Å². The highest BCUT2D eigenvalue weighted by molar-refractivity contribution is 14.1. The molecule has 0 atom stereocenters. The van der Waals surface area contributed by atoms with Gasteiger partial charge in [-0.05, 0) is 94.4 Å². The Morgan fingerprint density at radius 3 is 1.36 bits per heavy atom. The first-order chi connectivity index (χ1) is 13.3. The normalized spacial score (nSPS) is 10.8. The second-order valence-corrected chi connectivity index (χ2v) is 11.9. The first kappa shape index (κ1) is 21.7. The Morgan fingerprint density at radius 1 is 0.750 bits per heavy atom. The van der Waals surface area contributed by atoms with Gasteiger partial charge >= 0.3 is 11.9 Å². The van der Waals surface area contributed by atoms with Gasteiger partial charge in [-0.3, -0.25) is 0 Å². The van der Waals surface area contributed by atoms with Crippen LogP contribution in [0.25, 0.3) is 20.9 Å². The van der Waals surface area contributed by atoms with Gasteiger partial charge in [-0.25, -0.2) is 9.59 Å². The van der Waals surface area contributed by atoms with E-state index in [0.717, 1.165) is 37.8 Å². The summed E-state index contributed by atoms with van der Waals surface area (Å²) in [5.41, 5.74) is 3.87. The first-order valence-corrected chi connectivity index (χ1v) is 11.9. The van der Waals surface area contributed by atoms with Crippen LogP contribution in [0, 0.1) is 19.6 Å². The number of carbonyl (C=O) groups is 2. The van der Waals surface area contributed by atoms with E-state index >= 15 is 0 Å². The number of hydrogen-bond donors (Lipinski definition) is 0. The SMILES string of the molecule is COC(=O)c1c(C)c(-c2ccc(I)s2)c(C(=O)OC)c(C)c1-c1ccc(I)s1. The van der Waals surface area contributed by atoms with Crippen molar-refractivity contribution in [1.29, 1.82) is 0 Å². The zero-order chi connectivity index (χ0) is 20.6. The van der Waals surface area contributed by atoms with E-state index in [1.165, 1.54) is 14.2 Å². The maximum atomic E-state index is 12.8. The third-order valence-electron chi connectivity index (χ3n) is 4.42. The van der Waals surface area contributed by atoms with Crippen LogP contribution in [-0.4, -0.2) is 26.2 Å². The van der Waals surface area contributed by atoms with Crippen LogP contribution in [0.4, 0.5) is 0 Å². The molecule has 3 aromatic rings. The zero-order valence-electron chi connectivity index (χ0n) is 15.5. The van der Waals surface area contributed by atoms with Crippen LogP contribution in [0.15, 0.2) is 24.3 Å². The van der Waals surface area contributed by atoms with Crippen molar-refractivity contribution in [2.75, 3.05) is 14.2 Å². The van der Waals surface area contributed by atoms with Gasteiger partial charge < -0.3 is 9.47 Å². The van der Waals surface area contributed by atoms with Crippen molar-refractivity contribution >= 4 is 79.8 Å². The zero-order valence-corrected chi connectivity index (χ0v) is 21.5. The Labute approximate surface area is 198 Å². The quantitative estimate of drug-likeness (QED) is 0.241. The minimum atomic E-state index is -0.414. The molecule has 0 aliphatic carbocycles. The highest BCUT2D eigenvalue weighted by atomic mass is 127. The summed E-state index contributed by atoms with van der Waals surface area (Å²) in [6.45, 7) is 3.73. The Hall–Kier alpha value is -0.980.